The molecule has 2 heterocycles. The van der Waals surface area contributed by atoms with E-state index in [0.717, 1.165) is 45.9 Å². The van der Waals surface area contributed by atoms with Gasteiger partial charge >= 0.3 is 11.9 Å². The highest BCUT2D eigenvalue weighted by molar-refractivity contribution is 5.91. The van der Waals surface area contributed by atoms with Gasteiger partial charge in [-0.05, 0) is 86.1 Å². The van der Waals surface area contributed by atoms with Crippen molar-refractivity contribution in [2.45, 2.75) is 63.9 Å². The van der Waals surface area contributed by atoms with Crippen molar-refractivity contribution in [1.29, 1.82) is 0 Å². The molecule has 0 aromatic heterocycles. The van der Waals surface area contributed by atoms with E-state index in [0.29, 0.717) is 65.1 Å². The third kappa shape index (κ3) is 11.3. The Morgan fingerprint density at radius 1 is 0.537 bits per heavy atom. The predicted octanol–water partition coefficient (Wildman–Crippen LogP) is 7.80. The molecule has 2 saturated heterocycles. The van der Waals surface area contributed by atoms with E-state index in [4.69, 9.17) is 28.6 Å². The molecule has 6 rings (SSSR count). The number of hydrogen-bond acceptors (Lipinski definition) is 10. The Morgan fingerprint density at radius 3 is 1.20 bits per heavy atom. The van der Waals surface area contributed by atoms with Crippen molar-refractivity contribution in [3.05, 3.63) is 144 Å². The van der Waals surface area contributed by atoms with E-state index in [2.05, 4.69) is 24.3 Å². The van der Waals surface area contributed by atoms with Gasteiger partial charge in [-0.2, -0.15) is 0 Å². The van der Waals surface area contributed by atoms with E-state index in [1.807, 2.05) is 98.8 Å². The standard InChI is InChI=1S/C44H50N2O8/c1-3-49-37-19-15-35(16-20-37)43(33-11-7-5-8-12-33)51-39-25-29-45(30-26-39)53-41(47)23-24-42(48)54-46-31-27-40(28-32-46)52-44(34-13-9-6-10-14-34)36-17-21-38(22-18-36)50-4-2/h5-24,39-40,43-44H,3-4,25-32H2,1-2H3/b24-23+. The number of hydroxylamine groups is 4. The van der Waals surface area contributed by atoms with Crippen LogP contribution in [0.4, 0.5) is 0 Å². The first kappa shape index (κ1) is 38.7. The van der Waals surface area contributed by atoms with Crippen molar-refractivity contribution in [1.82, 2.24) is 10.1 Å². The highest BCUT2D eigenvalue weighted by atomic mass is 16.7. The molecule has 0 radical (unpaired) electrons. The van der Waals surface area contributed by atoms with E-state index in [1.54, 1.807) is 10.1 Å². The minimum absolute atomic E-state index is 0.0202. The molecule has 4 aromatic rings. The summed E-state index contributed by atoms with van der Waals surface area (Å²) in [4.78, 5) is 36.3. The molecule has 0 spiro atoms. The number of ether oxygens (including phenoxy) is 4. The van der Waals surface area contributed by atoms with Gasteiger partial charge in [-0.15, -0.1) is 10.1 Å². The molecule has 2 aliphatic rings. The molecule has 2 unspecified atom stereocenters. The summed E-state index contributed by atoms with van der Waals surface area (Å²) in [6.45, 7) is 7.21. The van der Waals surface area contributed by atoms with Crippen molar-refractivity contribution >= 4 is 11.9 Å². The molecule has 284 valence electrons. The summed E-state index contributed by atoms with van der Waals surface area (Å²) in [5.74, 6) is 0.392. The van der Waals surface area contributed by atoms with Crippen molar-refractivity contribution in [2.24, 2.45) is 0 Å². The monoisotopic (exact) mass is 734 g/mol. The SMILES string of the molecule is CCOc1ccc(C(OC2CCN(OC(=O)/C=C/C(=O)ON3CCC(OC(c4ccccc4)c4ccc(OCC)cc4)CC3)CC2)c2ccccc2)cc1. The van der Waals surface area contributed by atoms with E-state index in [9.17, 15) is 9.59 Å². The predicted molar refractivity (Wildman–Crippen MR) is 204 cm³/mol. The number of piperidine rings is 2. The fourth-order valence-electron chi connectivity index (χ4n) is 6.72. The van der Waals surface area contributed by atoms with Gasteiger partial charge in [0.25, 0.3) is 0 Å². The average Bonchev–Trinajstić information content (AvgIpc) is 3.21. The van der Waals surface area contributed by atoms with Crippen LogP contribution in [0.1, 0.15) is 74.0 Å². The molecule has 10 heteroatoms. The summed E-state index contributed by atoms with van der Waals surface area (Å²) in [7, 11) is 0. The van der Waals surface area contributed by atoms with E-state index >= 15 is 0 Å². The highest BCUT2D eigenvalue weighted by Crippen LogP contribution is 2.33. The third-order valence-corrected chi connectivity index (χ3v) is 9.44. The molecule has 0 aliphatic carbocycles. The van der Waals surface area contributed by atoms with Gasteiger partial charge in [-0.3, -0.25) is 0 Å². The van der Waals surface area contributed by atoms with E-state index in [-0.39, 0.29) is 24.4 Å². The van der Waals surface area contributed by atoms with E-state index < -0.39 is 11.9 Å². The van der Waals surface area contributed by atoms with Gasteiger partial charge in [0, 0.05) is 38.3 Å². The van der Waals surface area contributed by atoms with Gasteiger partial charge in [0.1, 0.15) is 23.7 Å². The minimum Gasteiger partial charge on any atom is -0.494 e. The molecule has 2 atom stereocenters. The van der Waals surface area contributed by atoms with Crippen LogP contribution in [0.3, 0.4) is 0 Å². The van der Waals surface area contributed by atoms with Crippen LogP contribution in [0.25, 0.3) is 0 Å². The zero-order valence-corrected chi connectivity index (χ0v) is 31.1. The fourth-order valence-corrected chi connectivity index (χ4v) is 6.72. The van der Waals surface area contributed by atoms with Gasteiger partial charge in [0.05, 0.1) is 25.4 Å². The Morgan fingerprint density at radius 2 is 0.870 bits per heavy atom. The quantitative estimate of drug-likeness (QED) is 0.106. The summed E-state index contributed by atoms with van der Waals surface area (Å²) >= 11 is 0. The van der Waals surface area contributed by atoms with Crippen molar-refractivity contribution < 1.29 is 38.2 Å². The second-order valence-corrected chi connectivity index (χ2v) is 13.3. The highest BCUT2D eigenvalue weighted by Gasteiger charge is 2.28. The smallest absolute Gasteiger partial charge is 0.349 e. The van der Waals surface area contributed by atoms with Gasteiger partial charge in [0.2, 0.25) is 0 Å². The summed E-state index contributed by atoms with van der Waals surface area (Å²) < 4.78 is 24.5. The normalized spacial score (nSPS) is 17.1. The van der Waals surface area contributed by atoms with E-state index in [1.165, 1.54) is 0 Å². The Labute approximate surface area is 318 Å². The Hall–Kier alpha value is -5.00. The lowest BCUT2D eigenvalue weighted by Gasteiger charge is -2.33. The Kier molecular flexibility index (Phi) is 14.3. The first-order valence-electron chi connectivity index (χ1n) is 19.0. The average molecular weight is 735 g/mol. The summed E-state index contributed by atoms with van der Waals surface area (Å²) in [6.07, 6.45) is 4.46. The molecule has 0 amide bonds. The van der Waals surface area contributed by atoms with Crippen LogP contribution in [0, 0.1) is 0 Å². The lowest BCUT2D eigenvalue weighted by Crippen LogP contribution is -2.39. The first-order valence-corrected chi connectivity index (χ1v) is 19.0. The minimum atomic E-state index is -0.629. The van der Waals surface area contributed by atoms with Gasteiger partial charge < -0.3 is 28.6 Å². The zero-order chi connectivity index (χ0) is 37.5. The Balaban J connectivity index is 0.928. The molecule has 10 nitrogen and oxygen atoms in total. The Bertz CT molecular complexity index is 1620. The molecule has 2 aliphatic heterocycles. The number of carbonyl (C=O) groups is 2. The maximum Gasteiger partial charge on any atom is 0.349 e. The van der Waals surface area contributed by atoms with Crippen LogP contribution >= 0.6 is 0 Å². The second-order valence-electron chi connectivity index (χ2n) is 13.3. The number of benzene rings is 4. The number of rotatable bonds is 16. The van der Waals surface area contributed by atoms with Crippen LogP contribution in [0.2, 0.25) is 0 Å². The lowest BCUT2D eigenvalue weighted by atomic mass is 10.00. The van der Waals surface area contributed by atoms with Crippen molar-refractivity contribution in [2.75, 3.05) is 39.4 Å². The second kappa shape index (κ2) is 19.9. The van der Waals surface area contributed by atoms with Gasteiger partial charge in [-0.25, -0.2) is 9.59 Å². The van der Waals surface area contributed by atoms with Gasteiger partial charge in [0.15, 0.2) is 0 Å². The summed E-state index contributed by atoms with van der Waals surface area (Å²) in [5, 5.41) is 3.24. The molecular formula is C44H50N2O8. The van der Waals surface area contributed by atoms with Crippen molar-refractivity contribution in [3.63, 3.8) is 0 Å². The van der Waals surface area contributed by atoms with Crippen LogP contribution in [0.15, 0.2) is 121 Å². The molecule has 2 fully saturated rings. The third-order valence-electron chi connectivity index (χ3n) is 9.44. The first-order chi connectivity index (χ1) is 26.5. The molecular weight excluding hydrogens is 684 g/mol. The molecule has 0 N–H and O–H groups in total. The molecule has 54 heavy (non-hydrogen) atoms. The lowest BCUT2D eigenvalue weighted by molar-refractivity contribution is -0.198. The molecule has 0 saturated carbocycles. The van der Waals surface area contributed by atoms with Crippen LogP contribution < -0.4 is 9.47 Å². The maximum absolute atomic E-state index is 12.6. The number of carbonyl (C=O) groups excluding carboxylic acids is 2. The molecule has 4 aromatic carbocycles. The van der Waals surface area contributed by atoms with Crippen LogP contribution in [0.5, 0.6) is 11.5 Å². The largest absolute Gasteiger partial charge is 0.494 e. The topological polar surface area (TPSA) is 96.0 Å². The zero-order valence-electron chi connectivity index (χ0n) is 31.1. The number of nitrogens with zero attached hydrogens (tertiary/aromatic N) is 2. The fraction of sp³-hybridized carbons (Fsp3) is 0.364. The number of hydrogen-bond donors (Lipinski definition) is 0. The summed E-state index contributed by atoms with van der Waals surface area (Å²) in [6, 6.07) is 36.3. The van der Waals surface area contributed by atoms with Crippen molar-refractivity contribution in [3.8, 4) is 11.5 Å². The molecule has 0 bridgehead atoms. The maximum atomic E-state index is 12.6. The van der Waals surface area contributed by atoms with Crippen LogP contribution in [-0.4, -0.2) is 73.7 Å². The summed E-state index contributed by atoms with van der Waals surface area (Å²) in [5.41, 5.74) is 4.24. The van der Waals surface area contributed by atoms with Crippen LogP contribution in [-0.2, 0) is 28.7 Å². The van der Waals surface area contributed by atoms with Gasteiger partial charge in [-0.1, -0.05) is 84.9 Å².